The lowest BCUT2D eigenvalue weighted by atomic mass is 10.2. The van der Waals surface area contributed by atoms with E-state index in [-0.39, 0.29) is 11.9 Å². The number of hydrogen-bond donors (Lipinski definition) is 1. The lowest BCUT2D eigenvalue weighted by molar-refractivity contribution is 0.102. The van der Waals surface area contributed by atoms with Crippen molar-refractivity contribution < 1.29 is 9.53 Å². The topological polar surface area (TPSA) is 81.9 Å². The Bertz CT molecular complexity index is 1350. The summed E-state index contributed by atoms with van der Waals surface area (Å²) < 4.78 is 7.46. The van der Waals surface area contributed by atoms with Crippen LogP contribution >= 0.6 is 11.3 Å². The van der Waals surface area contributed by atoms with Crippen LogP contribution in [0.1, 0.15) is 15.2 Å². The lowest BCUT2D eigenvalue weighted by Crippen LogP contribution is -2.14. The Labute approximate surface area is 176 Å². The molecular formula is C22H17N5O2S. The first-order valence-electron chi connectivity index (χ1n) is 9.32. The van der Waals surface area contributed by atoms with Crippen molar-refractivity contribution in [2.45, 2.75) is 6.54 Å². The molecule has 8 heteroatoms. The molecule has 1 N–H and O–H groups in total. The van der Waals surface area contributed by atoms with Gasteiger partial charge in [0.25, 0.3) is 11.9 Å². The fraction of sp³-hybridized carbons (Fsp3) is 0.0909. The molecule has 0 aliphatic carbocycles. The van der Waals surface area contributed by atoms with Gasteiger partial charge in [0.2, 0.25) is 0 Å². The first kappa shape index (κ1) is 18.3. The number of anilines is 1. The molecule has 0 unspecified atom stereocenters. The van der Waals surface area contributed by atoms with Crippen LogP contribution in [0.5, 0.6) is 5.75 Å². The van der Waals surface area contributed by atoms with Gasteiger partial charge in [-0.3, -0.25) is 10.1 Å². The van der Waals surface area contributed by atoms with Crippen molar-refractivity contribution in [2.75, 3.05) is 12.4 Å². The number of nitrogens with one attached hydrogen (secondary N) is 1. The van der Waals surface area contributed by atoms with Gasteiger partial charge in [-0.05, 0) is 35.2 Å². The van der Waals surface area contributed by atoms with Gasteiger partial charge < -0.3 is 9.30 Å². The minimum atomic E-state index is -0.251. The number of carbonyl (C=O) groups is 1. The van der Waals surface area contributed by atoms with E-state index in [1.165, 1.54) is 11.3 Å². The van der Waals surface area contributed by atoms with Crippen LogP contribution in [0.2, 0.25) is 0 Å². The smallest absolute Gasteiger partial charge is 0.268 e. The molecule has 2 aromatic carbocycles. The average Bonchev–Trinajstić information content (AvgIpc) is 3.42. The number of benzene rings is 2. The third-order valence-electron chi connectivity index (χ3n) is 4.83. The highest BCUT2D eigenvalue weighted by molar-refractivity contribution is 7.12. The van der Waals surface area contributed by atoms with Gasteiger partial charge in [-0.2, -0.15) is 4.98 Å². The van der Waals surface area contributed by atoms with Gasteiger partial charge in [0.15, 0.2) is 5.65 Å². The Balaban J connectivity index is 1.64. The number of hydrogen-bond acceptors (Lipinski definition) is 6. The predicted molar refractivity (Wildman–Crippen MR) is 117 cm³/mol. The molecule has 0 fully saturated rings. The van der Waals surface area contributed by atoms with Gasteiger partial charge in [0.1, 0.15) is 11.3 Å². The molecule has 5 rings (SSSR count). The molecule has 0 radical (unpaired) electrons. The number of aromatic nitrogens is 4. The summed E-state index contributed by atoms with van der Waals surface area (Å²) in [5.74, 6) is 0.654. The summed E-state index contributed by atoms with van der Waals surface area (Å²) >= 11 is 1.36. The summed E-state index contributed by atoms with van der Waals surface area (Å²) in [6, 6.07) is 19.5. The standard InChI is InChI=1S/C22H17N5O2S/c1-29-15-9-10-17-16(12-15)19-20(27(17)13-14-6-3-2-4-7-14)23-22(26-25-19)24-21(28)18-8-5-11-30-18/h2-12H,13H2,1H3,(H,23,24,26,28). The summed E-state index contributed by atoms with van der Waals surface area (Å²) in [4.78, 5) is 17.6. The monoisotopic (exact) mass is 415 g/mol. The Kier molecular flexibility index (Phi) is 4.61. The number of rotatable bonds is 5. The normalized spacial score (nSPS) is 11.1. The van der Waals surface area contributed by atoms with Gasteiger partial charge >= 0.3 is 0 Å². The Hall–Kier alpha value is -3.78. The largest absolute Gasteiger partial charge is 0.497 e. The van der Waals surface area contributed by atoms with Crippen molar-refractivity contribution in [3.05, 3.63) is 76.5 Å². The summed E-state index contributed by atoms with van der Waals surface area (Å²) in [6.45, 7) is 0.615. The predicted octanol–water partition coefficient (Wildman–Crippen LogP) is 4.35. The second kappa shape index (κ2) is 7.57. The average molecular weight is 415 g/mol. The number of carbonyl (C=O) groups excluding carboxylic acids is 1. The molecule has 5 aromatic rings. The van der Waals surface area contributed by atoms with Crippen molar-refractivity contribution in [2.24, 2.45) is 0 Å². The van der Waals surface area contributed by atoms with Crippen LogP contribution in [0.4, 0.5) is 5.95 Å². The number of fused-ring (bicyclic) bond motifs is 3. The van der Waals surface area contributed by atoms with Gasteiger partial charge in [0, 0.05) is 11.9 Å². The van der Waals surface area contributed by atoms with E-state index in [4.69, 9.17) is 4.74 Å². The third-order valence-corrected chi connectivity index (χ3v) is 5.70. The minimum absolute atomic E-state index is 0.171. The van der Waals surface area contributed by atoms with Crippen molar-refractivity contribution in [3.63, 3.8) is 0 Å². The molecule has 0 aliphatic rings. The maximum absolute atomic E-state index is 12.4. The first-order valence-corrected chi connectivity index (χ1v) is 10.2. The van der Waals surface area contributed by atoms with Crippen LogP contribution < -0.4 is 10.1 Å². The van der Waals surface area contributed by atoms with Crippen molar-refractivity contribution in [1.82, 2.24) is 19.7 Å². The zero-order valence-electron chi connectivity index (χ0n) is 16.1. The molecular weight excluding hydrogens is 398 g/mol. The molecule has 0 atom stereocenters. The number of methoxy groups -OCH3 is 1. The van der Waals surface area contributed by atoms with E-state index < -0.39 is 0 Å². The molecule has 3 aromatic heterocycles. The van der Waals surface area contributed by atoms with E-state index in [1.54, 1.807) is 13.2 Å². The van der Waals surface area contributed by atoms with E-state index in [0.29, 0.717) is 22.6 Å². The SMILES string of the molecule is COc1ccc2c(c1)c1nnc(NC(=O)c3cccs3)nc1n2Cc1ccccc1. The Morgan fingerprint density at radius 3 is 2.73 bits per heavy atom. The quantitative estimate of drug-likeness (QED) is 0.461. The van der Waals surface area contributed by atoms with Crippen LogP contribution in [0.25, 0.3) is 22.1 Å². The van der Waals surface area contributed by atoms with Crippen molar-refractivity contribution >= 4 is 45.3 Å². The summed E-state index contributed by atoms with van der Waals surface area (Å²) in [7, 11) is 1.63. The van der Waals surface area contributed by atoms with Crippen LogP contribution in [0.15, 0.2) is 66.0 Å². The fourth-order valence-corrected chi connectivity index (χ4v) is 4.03. The number of ether oxygens (including phenoxy) is 1. The maximum atomic E-state index is 12.4. The van der Waals surface area contributed by atoms with E-state index in [0.717, 1.165) is 22.2 Å². The zero-order valence-corrected chi connectivity index (χ0v) is 16.9. The van der Waals surface area contributed by atoms with Crippen LogP contribution in [0.3, 0.4) is 0 Å². The molecule has 0 spiro atoms. The molecule has 0 saturated carbocycles. The second-order valence-electron chi connectivity index (χ2n) is 6.69. The van der Waals surface area contributed by atoms with E-state index in [1.807, 2.05) is 47.8 Å². The maximum Gasteiger partial charge on any atom is 0.268 e. The fourth-order valence-electron chi connectivity index (χ4n) is 3.41. The minimum Gasteiger partial charge on any atom is -0.497 e. The van der Waals surface area contributed by atoms with Crippen LogP contribution in [0, 0.1) is 0 Å². The number of thiophene rings is 1. The van der Waals surface area contributed by atoms with Crippen molar-refractivity contribution in [3.8, 4) is 5.75 Å². The second-order valence-corrected chi connectivity index (χ2v) is 7.64. The lowest BCUT2D eigenvalue weighted by Gasteiger charge is -2.08. The van der Waals surface area contributed by atoms with E-state index >= 15 is 0 Å². The first-order chi connectivity index (χ1) is 14.7. The van der Waals surface area contributed by atoms with E-state index in [2.05, 4.69) is 37.2 Å². The summed E-state index contributed by atoms with van der Waals surface area (Å²) in [5.41, 5.74) is 3.42. The van der Waals surface area contributed by atoms with Crippen molar-refractivity contribution in [1.29, 1.82) is 0 Å². The molecule has 0 saturated heterocycles. The highest BCUT2D eigenvalue weighted by atomic mass is 32.1. The molecule has 1 amide bonds. The highest BCUT2D eigenvalue weighted by Crippen LogP contribution is 2.30. The Morgan fingerprint density at radius 1 is 1.10 bits per heavy atom. The summed E-state index contributed by atoms with van der Waals surface area (Å²) in [6.07, 6.45) is 0. The van der Waals surface area contributed by atoms with E-state index in [9.17, 15) is 4.79 Å². The van der Waals surface area contributed by atoms with Gasteiger partial charge in [0.05, 0.1) is 17.5 Å². The highest BCUT2D eigenvalue weighted by Gasteiger charge is 2.17. The summed E-state index contributed by atoms with van der Waals surface area (Å²) in [5, 5.41) is 14.0. The molecule has 7 nitrogen and oxygen atoms in total. The molecule has 3 heterocycles. The zero-order chi connectivity index (χ0) is 20.5. The molecule has 30 heavy (non-hydrogen) atoms. The van der Waals surface area contributed by atoms with Gasteiger partial charge in [-0.25, -0.2) is 0 Å². The third kappa shape index (κ3) is 3.27. The number of nitrogens with zero attached hydrogens (tertiary/aromatic N) is 4. The van der Waals surface area contributed by atoms with Crippen LogP contribution in [-0.4, -0.2) is 32.8 Å². The van der Waals surface area contributed by atoms with Gasteiger partial charge in [-0.1, -0.05) is 36.4 Å². The van der Waals surface area contributed by atoms with Gasteiger partial charge in [-0.15, -0.1) is 21.5 Å². The Morgan fingerprint density at radius 2 is 1.97 bits per heavy atom. The number of amides is 1. The molecule has 0 aliphatic heterocycles. The van der Waals surface area contributed by atoms with Crippen LogP contribution in [-0.2, 0) is 6.54 Å². The molecule has 0 bridgehead atoms. The molecule has 148 valence electrons.